The molecule has 0 unspecified atom stereocenters. The Morgan fingerprint density at radius 1 is 1.37 bits per heavy atom. The molecule has 0 aliphatic carbocycles. The molecule has 2 aromatic rings. The summed E-state index contributed by atoms with van der Waals surface area (Å²) in [5.74, 6) is 0.408. The van der Waals surface area contributed by atoms with E-state index in [1.807, 2.05) is 35.9 Å². The Kier molecular flexibility index (Phi) is 3.21. The average molecular weight is 258 g/mol. The van der Waals surface area contributed by atoms with Crippen molar-refractivity contribution in [3.05, 3.63) is 30.1 Å². The van der Waals surface area contributed by atoms with Crippen LogP contribution in [0.25, 0.3) is 11.0 Å². The summed E-state index contributed by atoms with van der Waals surface area (Å²) in [6, 6.07) is 8.05. The van der Waals surface area contributed by atoms with E-state index in [1.165, 1.54) is 0 Å². The summed E-state index contributed by atoms with van der Waals surface area (Å²) in [6.07, 6.45) is 1.96. The van der Waals surface area contributed by atoms with Crippen LogP contribution in [0.5, 0.6) is 0 Å². The Labute approximate surface area is 112 Å². The van der Waals surface area contributed by atoms with Crippen molar-refractivity contribution < 1.29 is 4.79 Å². The van der Waals surface area contributed by atoms with Crippen LogP contribution in [-0.4, -0.2) is 34.6 Å². The molecule has 1 aromatic heterocycles. The highest BCUT2D eigenvalue weighted by atomic mass is 16.2. The summed E-state index contributed by atoms with van der Waals surface area (Å²) < 4.78 is 1.85. The van der Waals surface area contributed by atoms with Gasteiger partial charge in [0.15, 0.2) is 5.82 Å². The SMILES string of the molecule is Cn1c(C(=O)NC2CCNCC2)nc2ccccc21. The van der Waals surface area contributed by atoms with Crippen LogP contribution in [0.1, 0.15) is 23.5 Å². The molecule has 2 heterocycles. The minimum atomic E-state index is -0.0781. The van der Waals surface area contributed by atoms with E-state index in [4.69, 9.17) is 0 Å². The molecule has 2 N–H and O–H groups in total. The molecule has 0 bridgehead atoms. The molecule has 0 atom stereocenters. The first-order chi connectivity index (χ1) is 9.25. The molecule has 1 aliphatic rings. The molecule has 100 valence electrons. The minimum Gasteiger partial charge on any atom is -0.347 e. The number of benzene rings is 1. The second-order valence-corrected chi connectivity index (χ2v) is 4.98. The number of fused-ring (bicyclic) bond motifs is 1. The number of aryl methyl sites for hydroxylation is 1. The van der Waals surface area contributed by atoms with E-state index in [2.05, 4.69) is 15.6 Å². The second kappa shape index (κ2) is 5.01. The number of rotatable bonds is 2. The van der Waals surface area contributed by atoms with Gasteiger partial charge in [-0.15, -0.1) is 0 Å². The summed E-state index contributed by atoms with van der Waals surface area (Å²) in [6.45, 7) is 1.93. The number of para-hydroxylation sites is 2. The lowest BCUT2D eigenvalue weighted by molar-refractivity contribution is 0.0916. The van der Waals surface area contributed by atoms with Gasteiger partial charge < -0.3 is 15.2 Å². The number of hydrogen-bond donors (Lipinski definition) is 2. The maximum Gasteiger partial charge on any atom is 0.287 e. The highest BCUT2D eigenvalue weighted by molar-refractivity contribution is 5.94. The Morgan fingerprint density at radius 2 is 2.11 bits per heavy atom. The number of hydrogen-bond acceptors (Lipinski definition) is 3. The molecule has 5 nitrogen and oxygen atoms in total. The maximum absolute atomic E-state index is 12.3. The van der Waals surface area contributed by atoms with Gasteiger partial charge in [0.2, 0.25) is 0 Å². The zero-order chi connectivity index (χ0) is 13.2. The second-order valence-electron chi connectivity index (χ2n) is 4.98. The van der Waals surface area contributed by atoms with Crippen molar-refractivity contribution in [3.63, 3.8) is 0 Å². The molecule has 5 heteroatoms. The van der Waals surface area contributed by atoms with Crippen LogP contribution in [0.3, 0.4) is 0 Å². The van der Waals surface area contributed by atoms with E-state index in [1.54, 1.807) is 0 Å². The van der Waals surface area contributed by atoms with Crippen LogP contribution in [0, 0.1) is 0 Å². The summed E-state index contributed by atoms with van der Waals surface area (Å²) in [7, 11) is 1.88. The van der Waals surface area contributed by atoms with E-state index in [0.29, 0.717) is 5.82 Å². The first kappa shape index (κ1) is 12.2. The Balaban J connectivity index is 1.83. The molecule has 1 saturated heterocycles. The lowest BCUT2D eigenvalue weighted by Gasteiger charge is -2.23. The standard InChI is InChI=1S/C14H18N4O/c1-18-12-5-3-2-4-11(12)17-13(18)14(19)16-10-6-8-15-9-7-10/h2-5,10,15H,6-9H2,1H3,(H,16,19). The quantitative estimate of drug-likeness (QED) is 0.846. The molecule has 19 heavy (non-hydrogen) atoms. The van der Waals surface area contributed by atoms with Crippen LogP contribution in [0.2, 0.25) is 0 Å². The fraction of sp³-hybridized carbons (Fsp3) is 0.429. The topological polar surface area (TPSA) is 59.0 Å². The molecule has 1 aliphatic heterocycles. The first-order valence-electron chi connectivity index (χ1n) is 6.69. The van der Waals surface area contributed by atoms with Gasteiger partial charge in [0.25, 0.3) is 5.91 Å². The predicted octanol–water partition coefficient (Wildman–Crippen LogP) is 1.06. The lowest BCUT2D eigenvalue weighted by Crippen LogP contribution is -2.43. The average Bonchev–Trinajstić information content (AvgIpc) is 2.78. The molecule has 1 amide bonds. The molecular weight excluding hydrogens is 240 g/mol. The van der Waals surface area contributed by atoms with Gasteiger partial charge in [0.05, 0.1) is 11.0 Å². The van der Waals surface area contributed by atoms with Gasteiger partial charge >= 0.3 is 0 Å². The number of nitrogens with zero attached hydrogens (tertiary/aromatic N) is 2. The Hall–Kier alpha value is -1.88. The zero-order valence-corrected chi connectivity index (χ0v) is 11.0. The van der Waals surface area contributed by atoms with Crippen molar-refractivity contribution in [3.8, 4) is 0 Å². The summed E-state index contributed by atoms with van der Waals surface area (Å²) in [5.41, 5.74) is 1.85. The van der Waals surface area contributed by atoms with E-state index >= 15 is 0 Å². The lowest BCUT2D eigenvalue weighted by atomic mass is 10.1. The third kappa shape index (κ3) is 2.33. The van der Waals surface area contributed by atoms with Crippen LogP contribution < -0.4 is 10.6 Å². The molecule has 0 spiro atoms. The third-order valence-corrected chi connectivity index (χ3v) is 3.66. The van der Waals surface area contributed by atoms with Gasteiger partial charge in [-0.1, -0.05) is 12.1 Å². The van der Waals surface area contributed by atoms with Crippen molar-refractivity contribution in [2.24, 2.45) is 7.05 Å². The van der Waals surface area contributed by atoms with Gasteiger partial charge in [-0.2, -0.15) is 0 Å². The third-order valence-electron chi connectivity index (χ3n) is 3.66. The monoisotopic (exact) mass is 258 g/mol. The molecule has 1 fully saturated rings. The fourth-order valence-corrected chi connectivity index (χ4v) is 2.56. The fourth-order valence-electron chi connectivity index (χ4n) is 2.56. The van der Waals surface area contributed by atoms with Gasteiger partial charge in [0, 0.05) is 13.1 Å². The number of piperidine rings is 1. The molecule has 1 aromatic carbocycles. The zero-order valence-electron chi connectivity index (χ0n) is 11.0. The Morgan fingerprint density at radius 3 is 2.84 bits per heavy atom. The van der Waals surface area contributed by atoms with Gasteiger partial charge in [0.1, 0.15) is 0 Å². The number of carbonyl (C=O) groups is 1. The van der Waals surface area contributed by atoms with Crippen molar-refractivity contribution >= 4 is 16.9 Å². The predicted molar refractivity (Wildman–Crippen MR) is 74.1 cm³/mol. The van der Waals surface area contributed by atoms with E-state index in [-0.39, 0.29) is 11.9 Å². The highest BCUT2D eigenvalue weighted by Gasteiger charge is 2.20. The van der Waals surface area contributed by atoms with Crippen LogP contribution in [-0.2, 0) is 7.05 Å². The van der Waals surface area contributed by atoms with Crippen LogP contribution in [0.15, 0.2) is 24.3 Å². The summed E-state index contributed by atoms with van der Waals surface area (Å²) in [5, 5.41) is 6.36. The Bertz CT molecular complexity index is 599. The molecule has 3 rings (SSSR count). The van der Waals surface area contributed by atoms with Crippen molar-refractivity contribution in [2.75, 3.05) is 13.1 Å². The summed E-state index contributed by atoms with van der Waals surface area (Å²) >= 11 is 0. The van der Waals surface area contributed by atoms with Crippen LogP contribution >= 0.6 is 0 Å². The number of amides is 1. The normalized spacial score (nSPS) is 16.7. The first-order valence-corrected chi connectivity index (χ1v) is 6.69. The van der Waals surface area contributed by atoms with Gasteiger partial charge in [-0.3, -0.25) is 4.79 Å². The molecule has 0 saturated carbocycles. The number of nitrogens with one attached hydrogen (secondary N) is 2. The number of imidazole rings is 1. The largest absolute Gasteiger partial charge is 0.347 e. The van der Waals surface area contributed by atoms with Crippen molar-refractivity contribution in [1.29, 1.82) is 0 Å². The maximum atomic E-state index is 12.3. The number of carbonyl (C=O) groups excluding carboxylic acids is 1. The van der Waals surface area contributed by atoms with E-state index in [9.17, 15) is 4.79 Å². The van der Waals surface area contributed by atoms with Gasteiger partial charge in [-0.25, -0.2) is 4.98 Å². The molecular formula is C14H18N4O. The molecule has 0 radical (unpaired) electrons. The van der Waals surface area contributed by atoms with E-state index in [0.717, 1.165) is 37.0 Å². The smallest absolute Gasteiger partial charge is 0.287 e. The van der Waals surface area contributed by atoms with Crippen LogP contribution in [0.4, 0.5) is 0 Å². The number of aromatic nitrogens is 2. The van der Waals surface area contributed by atoms with Crippen molar-refractivity contribution in [2.45, 2.75) is 18.9 Å². The highest BCUT2D eigenvalue weighted by Crippen LogP contribution is 2.14. The van der Waals surface area contributed by atoms with Gasteiger partial charge in [-0.05, 0) is 38.1 Å². The van der Waals surface area contributed by atoms with Crippen molar-refractivity contribution in [1.82, 2.24) is 20.2 Å². The summed E-state index contributed by atoms with van der Waals surface area (Å²) in [4.78, 5) is 16.7. The van der Waals surface area contributed by atoms with E-state index < -0.39 is 0 Å². The minimum absolute atomic E-state index is 0.0781.